The van der Waals surface area contributed by atoms with E-state index >= 15 is 0 Å². The van der Waals surface area contributed by atoms with E-state index in [1.165, 1.54) is 0 Å². The fourth-order valence-corrected chi connectivity index (χ4v) is 1.39. The molecule has 0 aromatic carbocycles. The van der Waals surface area contributed by atoms with Crippen molar-refractivity contribution in [1.29, 1.82) is 0 Å². The first-order valence-corrected chi connectivity index (χ1v) is 6.19. The third kappa shape index (κ3) is 5.64. The van der Waals surface area contributed by atoms with Crippen molar-refractivity contribution in [3.8, 4) is 0 Å². The second-order valence-electron chi connectivity index (χ2n) is 5.41. The van der Waals surface area contributed by atoms with Gasteiger partial charge in [-0.05, 0) is 39.8 Å². The first-order chi connectivity index (χ1) is 9.17. The summed E-state index contributed by atoms with van der Waals surface area (Å²) < 4.78 is 5.03. The maximum Gasteiger partial charge on any atom is 0.408 e. The maximum absolute atomic E-state index is 11.6. The summed E-state index contributed by atoms with van der Waals surface area (Å²) in [5.74, 6) is -1.15. The van der Waals surface area contributed by atoms with Crippen LogP contribution in [0.4, 0.5) is 4.79 Å². The molecule has 0 bridgehead atoms. The van der Waals surface area contributed by atoms with Crippen molar-refractivity contribution in [2.45, 2.75) is 45.8 Å². The van der Waals surface area contributed by atoms with Gasteiger partial charge in [-0.1, -0.05) is 0 Å². The Kier molecular flexibility index (Phi) is 5.01. The van der Waals surface area contributed by atoms with Crippen molar-refractivity contribution in [2.24, 2.45) is 0 Å². The minimum atomic E-state index is -1.15. The zero-order valence-corrected chi connectivity index (χ0v) is 12.0. The number of carbonyl (C=O) groups is 2. The van der Waals surface area contributed by atoms with E-state index in [0.29, 0.717) is 5.69 Å². The Balaban J connectivity index is 2.68. The van der Waals surface area contributed by atoms with E-state index in [1.54, 1.807) is 39.8 Å². The highest BCUT2D eigenvalue weighted by atomic mass is 16.6. The van der Waals surface area contributed by atoms with E-state index in [-0.39, 0.29) is 6.42 Å². The number of hydrogen-bond acceptors (Lipinski definition) is 5. The van der Waals surface area contributed by atoms with Gasteiger partial charge >= 0.3 is 12.1 Å². The highest BCUT2D eigenvalue weighted by molar-refractivity contribution is 5.80. The normalized spacial score (nSPS) is 12.6. The summed E-state index contributed by atoms with van der Waals surface area (Å²) in [6.07, 6.45) is -0.730. The van der Waals surface area contributed by atoms with Gasteiger partial charge in [0.05, 0.1) is 11.4 Å². The highest BCUT2D eigenvalue weighted by Crippen LogP contribution is 2.08. The van der Waals surface area contributed by atoms with Crippen molar-refractivity contribution in [2.75, 3.05) is 0 Å². The van der Waals surface area contributed by atoms with Crippen LogP contribution in [0.2, 0.25) is 0 Å². The number of aryl methyl sites for hydroxylation is 1. The Hall–Kier alpha value is -2.18. The number of hydrogen-bond donors (Lipinski definition) is 2. The van der Waals surface area contributed by atoms with Crippen LogP contribution < -0.4 is 5.32 Å². The number of amides is 1. The van der Waals surface area contributed by atoms with E-state index in [2.05, 4.69) is 15.5 Å². The molecule has 1 atom stereocenters. The predicted molar refractivity (Wildman–Crippen MR) is 71.3 cm³/mol. The van der Waals surface area contributed by atoms with Gasteiger partial charge < -0.3 is 15.2 Å². The summed E-state index contributed by atoms with van der Waals surface area (Å²) in [4.78, 5) is 22.7. The SMILES string of the molecule is Cc1ccc(C[C@H](NC(=O)OC(C)(C)C)C(=O)O)nn1. The van der Waals surface area contributed by atoms with Gasteiger partial charge in [0.15, 0.2) is 0 Å². The second-order valence-corrected chi connectivity index (χ2v) is 5.41. The van der Waals surface area contributed by atoms with E-state index in [0.717, 1.165) is 5.69 Å². The van der Waals surface area contributed by atoms with Crippen molar-refractivity contribution in [3.63, 3.8) is 0 Å². The number of aromatic nitrogens is 2. The molecule has 110 valence electrons. The van der Waals surface area contributed by atoms with E-state index in [4.69, 9.17) is 9.84 Å². The lowest BCUT2D eigenvalue weighted by atomic mass is 10.1. The number of nitrogens with zero attached hydrogens (tertiary/aromatic N) is 2. The summed E-state index contributed by atoms with van der Waals surface area (Å²) >= 11 is 0. The molecule has 7 heteroatoms. The quantitative estimate of drug-likeness (QED) is 0.862. The van der Waals surface area contributed by atoms with Gasteiger partial charge in [-0.2, -0.15) is 10.2 Å². The topological polar surface area (TPSA) is 101 Å². The van der Waals surface area contributed by atoms with E-state index < -0.39 is 23.7 Å². The third-order valence-corrected chi connectivity index (χ3v) is 2.26. The molecule has 0 aliphatic heterocycles. The van der Waals surface area contributed by atoms with Gasteiger partial charge in [0.2, 0.25) is 0 Å². The smallest absolute Gasteiger partial charge is 0.408 e. The van der Waals surface area contributed by atoms with Crippen molar-refractivity contribution < 1.29 is 19.4 Å². The fourth-order valence-electron chi connectivity index (χ4n) is 1.39. The Morgan fingerprint density at radius 2 is 2.00 bits per heavy atom. The molecule has 0 spiro atoms. The molecule has 20 heavy (non-hydrogen) atoms. The fraction of sp³-hybridized carbons (Fsp3) is 0.538. The van der Waals surface area contributed by atoms with Crippen LogP contribution in [0.3, 0.4) is 0 Å². The van der Waals surface area contributed by atoms with Crippen LogP contribution in [-0.2, 0) is 16.0 Å². The van der Waals surface area contributed by atoms with Gasteiger partial charge in [0, 0.05) is 6.42 Å². The predicted octanol–water partition coefficient (Wildman–Crippen LogP) is 1.31. The molecule has 1 amide bonds. The van der Waals surface area contributed by atoms with Crippen LogP contribution in [0, 0.1) is 6.92 Å². The monoisotopic (exact) mass is 281 g/mol. The zero-order chi connectivity index (χ0) is 15.3. The lowest BCUT2D eigenvalue weighted by Gasteiger charge is -2.21. The highest BCUT2D eigenvalue weighted by Gasteiger charge is 2.24. The van der Waals surface area contributed by atoms with Crippen LogP contribution in [-0.4, -0.2) is 39.0 Å². The summed E-state index contributed by atoms with van der Waals surface area (Å²) in [7, 11) is 0. The van der Waals surface area contributed by atoms with Gasteiger partial charge in [0.1, 0.15) is 11.6 Å². The van der Waals surface area contributed by atoms with Crippen LogP contribution >= 0.6 is 0 Å². The van der Waals surface area contributed by atoms with Crippen LogP contribution in [0.25, 0.3) is 0 Å². The molecule has 0 unspecified atom stereocenters. The molecule has 2 N–H and O–H groups in total. The molecule has 1 aromatic rings. The van der Waals surface area contributed by atoms with Crippen molar-refractivity contribution in [1.82, 2.24) is 15.5 Å². The van der Waals surface area contributed by atoms with E-state index in [1.807, 2.05) is 0 Å². The van der Waals surface area contributed by atoms with Gasteiger partial charge in [-0.25, -0.2) is 9.59 Å². The number of carboxylic acids is 1. The molecular formula is C13H19N3O4. The molecular weight excluding hydrogens is 262 g/mol. The molecule has 0 aliphatic carbocycles. The molecule has 0 saturated heterocycles. The average molecular weight is 281 g/mol. The van der Waals surface area contributed by atoms with Crippen LogP contribution in [0.1, 0.15) is 32.2 Å². The standard InChI is InChI=1S/C13H19N3O4/c1-8-5-6-9(16-15-8)7-10(11(17)18)14-12(19)20-13(2,3)4/h5-6,10H,7H2,1-4H3,(H,14,19)(H,17,18)/t10-/m0/s1. The number of rotatable bonds is 4. The van der Waals surface area contributed by atoms with E-state index in [9.17, 15) is 9.59 Å². The molecule has 7 nitrogen and oxygen atoms in total. The lowest BCUT2D eigenvalue weighted by molar-refractivity contribution is -0.139. The summed E-state index contributed by atoms with van der Waals surface area (Å²) in [5.41, 5.74) is 0.538. The Bertz CT molecular complexity index is 479. The molecule has 0 saturated carbocycles. The Morgan fingerprint density at radius 1 is 1.35 bits per heavy atom. The number of ether oxygens (including phenoxy) is 1. The average Bonchev–Trinajstić information content (AvgIpc) is 2.28. The summed E-state index contributed by atoms with van der Waals surface area (Å²) in [6, 6.07) is 2.30. The Morgan fingerprint density at radius 3 is 2.45 bits per heavy atom. The molecule has 1 rings (SSSR count). The van der Waals surface area contributed by atoms with Gasteiger partial charge in [-0.15, -0.1) is 0 Å². The number of carboxylic acid groups (broad SMARTS) is 1. The minimum absolute atomic E-state index is 0.0435. The number of nitrogens with one attached hydrogen (secondary N) is 1. The number of aliphatic carboxylic acids is 1. The molecule has 0 radical (unpaired) electrons. The largest absolute Gasteiger partial charge is 0.480 e. The minimum Gasteiger partial charge on any atom is -0.480 e. The maximum atomic E-state index is 11.6. The molecule has 0 aliphatic rings. The van der Waals surface area contributed by atoms with Crippen LogP contribution in [0.15, 0.2) is 12.1 Å². The number of carbonyl (C=O) groups excluding carboxylic acids is 1. The van der Waals surface area contributed by atoms with Crippen LogP contribution in [0.5, 0.6) is 0 Å². The van der Waals surface area contributed by atoms with Crippen molar-refractivity contribution >= 4 is 12.1 Å². The molecule has 1 heterocycles. The molecule has 0 fully saturated rings. The number of alkyl carbamates (subject to hydrolysis) is 1. The third-order valence-electron chi connectivity index (χ3n) is 2.26. The zero-order valence-electron chi connectivity index (χ0n) is 12.0. The first kappa shape index (κ1) is 15.9. The lowest BCUT2D eigenvalue weighted by Crippen LogP contribution is -2.44. The second kappa shape index (κ2) is 6.31. The molecule has 1 aromatic heterocycles. The summed E-state index contributed by atoms with van der Waals surface area (Å²) in [6.45, 7) is 6.89. The Labute approximate surface area is 117 Å². The van der Waals surface area contributed by atoms with Crippen molar-refractivity contribution in [3.05, 3.63) is 23.5 Å². The first-order valence-electron chi connectivity index (χ1n) is 6.19. The van der Waals surface area contributed by atoms with Gasteiger partial charge in [-0.3, -0.25) is 0 Å². The van der Waals surface area contributed by atoms with Gasteiger partial charge in [0.25, 0.3) is 0 Å². The summed E-state index contributed by atoms with van der Waals surface area (Å²) in [5, 5.41) is 19.1.